The third-order valence-corrected chi connectivity index (χ3v) is 2.70. The van der Waals surface area contributed by atoms with Crippen LogP contribution >= 0.6 is 0 Å². The van der Waals surface area contributed by atoms with Crippen molar-refractivity contribution in [3.8, 4) is 0 Å². The summed E-state index contributed by atoms with van der Waals surface area (Å²) >= 11 is 0. The lowest BCUT2D eigenvalue weighted by atomic mass is 9.93. The molecule has 0 bridgehead atoms. The fourth-order valence-electron chi connectivity index (χ4n) is 1.98. The summed E-state index contributed by atoms with van der Waals surface area (Å²) in [6.45, 7) is 3.67. The van der Waals surface area contributed by atoms with Crippen molar-refractivity contribution >= 4 is 5.97 Å². The maximum atomic E-state index is 11.4. The zero-order valence-corrected chi connectivity index (χ0v) is 8.16. The van der Waals surface area contributed by atoms with Gasteiger partial charge in [0.1, 0.15) is 6.10 Å². The summed E-state index contributed by atoms with van der Waals surface area (Å²) in [5.41, 5.74) is 1.99. The SMILES string of the molecule is C=CCCC1OC(=O)C2=C1CCC=C2. The molecule has 0 radical (unpaired) electrons. The second-order valence-electron chi connectivity index (χ2n) is 3.64. The molecule has 2 rings (SSSR count). The minimum absolute atomic E-state index is 0.0143. The van der Waals surface area contributed by atoms with Gasteiger partial charge in [-0.25, -0.2) is 4.79 Å². The van der Waals surface area contributed by atoms with Crippen LogP contribution in [0.4, 0.5) is 0 Å². The van der Waals surface area contributed by atoms with E-state index < -0.39 is 0 Å². The van der Waals surface area contributed by atoms with Crippen molar-refractivity contribution < 1.29 is 9.53 Å². The summed E-state index contributed by atoms with van der Waals surface area (Å²) < 4.78 is 5.30. The molecule has 0 N–H and O–H groups in total. The number of allylic oxidation sites excluding steroid dienone is 2. The van der Waals surface area contributed by atoms with Gasteiger partial charge in [-0.1, -0.05) is 18.2 Å². The monoisotopic (exact) mass is 190 g/mol. The molecular weight excluding hydrogens is 176 g/mol. The Morgan fingerprint density at radius 2 is 2.50 bits per heavy atom. The van der Waals surface area contributed by atoms with Crippen molar-refractivity contribution in [1.29, 1.82) is 0 Å². The van der Waals surface area contributed by atoms with Gasteiger partial charge in [0.25, 0.3) is 0 Å². The largest absolute Gasteiger partial charge is 0.454 e. The molecule has 1 aliphatic heterocycles. The number of esters is 1. The lowest BCUT2D eigenvalue weighted by molar-refractivity contribution is -0.139. The molecule has 1 aliphatic carbocycles. The van der Waals surface area contributed by atoms with E-state index in [9.17, 15) is 4.79 Å². The summed E-state index contributed by atoms with van der Waals surface area (Å²) in [4.78, 5) is 11.4. The highest BCUT2D eigenvalue weighted by atomic mass is 16.5. The van der Waals surface area contributed by atoms with Gasteiger partial charge in [-0.05, 0) is 31.3 Å². The number of carbonyl (C=O) groups excluding carboxylic acids is 1. The maximum Gasteiger partial charge on any atom is 0.338 e. The van der Waals surface area contributed by atoms with Crippen LogP contribution in [-0.4, -0.2) is 12.1 Å². The molecule has 0 aromatic heterocycles. The molecule has 2 aliphatic rings. The Hall–Kier alpha value is -1.31. The highest BCUT2D eigenvalue weighted by Crippen LogP contribution is 2.32. The number of hydrogen-bond donors (Lipinski definition) is 0. The lowest BCUT2D eigenvalue weighted by Crippen LogP contribution is -2.11. The first-order valence-electron chi connectivity index (χ1n) is 5.04. The zero-order valence-electron chi connectivity index (χ0n) is 8.16. The molecule has 2 heteroatoms. The van der Waals surface area contributed by atoms with Crippen LogP contribution in [0.3, 0.4) is 0 Å². The second-order valence-corrected chi connectivity index (χ2v) is 3.64. The first-order valence-corrected chi connectivity index (χ1v) is 5.04. The number of hydrogen-bond acceptors (Lipinski definition) is 2. The summed E-state index contributed by atoms with van der Waals surface area (Å²) in [5, 5.41) is 0. The van der Waals surface area contributed by atoms with Crippen LogP contribution in [0.5, 0.6) is 0 Å². The third kappa shape index (κ3) is 1.52. The van der Waals surface area contributed by atoms with Gasteiger partial charge in [0.15, 0.2) is 0 Å². The van der Waals surface area contributed by atoms with Gasteiger partial charge in [0.05, 0.1) is 5.57 Å². The second kappa shape index (κ2) is 3.82. The van der Waals surface area contributed by atoms with Gasteiger partial charge < -0.3 is 4.74 Å². The van der Waals surface area contributed by atoms with Crippen molar-refractivity contribution in [3.63, 3.8) is 0 Å². The molecule has 0 spiro atoms. The van der Waals surface area contributed by atoms with Crippen LogP contribution in [0.2, 0.25) is 0 Å². The number of ether oxygens (including phenoxy) is 1. The Balaban J connectivity index is 2.15. The zero-order chi connectivity index (χ0) is 9.97. The van der Waals surface area contributed by atoms with Crippen LogP contribution in [0, 0.1) is 0 Å². The topological polar surface area (TPSA) is 26.3 Å². The fourth-order valence-corrected chi connectivity index (χ4v) is 1.98. The molecule has 74 valence electrons. The van der Waals surface area contributed by atoms with Gasteiger partial charge in [0, 0.05) is 0 Å². The molecule has 0 saturated heterocycles. The molecule has 0 aromatic carbocycles. The summed E-state index contributed by atoms with van der Waals surface area (Å²) in [6.07, 6.45) is 9.59. The van der Waals surface area contributed by atoms with E-state index in [1.54, 1.807) is 0 Å². The van der Waals surface area contributed by atoms with E-state index in [-0.39, 0.29) is 12.1 Å². The Bertz CT molecular complexity index is 323. The van der Waals surface area contributed by atoms with Gasteiger partial charge >= 0.3 is 5.97 Å². The van der Waals surface area contributed by atoms with Crippen LogP contribution in [0.25, 0.3) is 0 Å². The van der Waals surface area contributed by atoms with E-state index in [0.717, 1.165) is 31.3 Å². The van der Waals surface area contributed by atoms with E-state index in [0.29, 0.717) is 0 Å². The lowest BCUT2D eigenvalue weighted by Gasteiger charge is -2.13. The smallest absolute Gasteiger partial charge is 0.338 e. The third-order valence-electron chi connectivity index (χ3n) is 2.70. The summed E-state index contributed by atoms with van der Waals surface area (Å²) in [6, 6.07) is 0. The maximum absolute atomic E-state index is 11.4. The molecule has 0 aromatic rings. The molecule has 2 nitrogen and oxygen atoms in total. The van der Waals surface area contributed by atoms with Crippen LogP contribution in [0.15, 0.2) is 36.0 Å². The van der Waals surface area contributed by atoms with E-state index in [4.69, 9.17) is 4.74 Å². The molecule has 0 amide bonds. The highest BCUT2D eigenvalue weighted by molar-refractivity contribution is 5.95. The van der Waals surface area contributed by atoms with Crippen LogP contribution in [0.1, 0.15) is 25.7 Å². The van der Waals surface area contributed by atoms with Gasteiger partial charge in [0.2, 0.25) is 0 Å². The van der Waals surface area contributed by atoms with Crippen molar-refractivity contribution in [2.75, 3.05) is 0 Å². The normalized spacial score (nSPS) is 24.9. The fraction of sp³-hybridized carbons (Fsp3) is 0.417. The van der Waals surface area contributed by atoms with Crippen LogP contribution in [-0.2, 0) is 9.53 Å². The van der Waals surface area contributed by atoms with Crippen molar-refractivity contribution in [2.24, 2.45) is 0 Å². The highest BCUT2D eigenvalue weighted by Gasteiger charge is 2.32. The van der Waals surface area contributed by atoms with E-state index in [2.05, 4.69) is 6.58 Å². The average Bonchev–Trinajstić information content (AvgIpc) is 2.54. The summed E-state index contributed by atoms with van der Waals surface area (Å²) in [5.74, 6) is -0.148. The number of rotatable bonds is 3. The quantitative estimate of drug-likeness (QED) is 0.505. The Morgan fingerprint density at radius 3 is 3.29 bits per heavy atom. The minimum Gasteiger partial charge on any atom is -0.454 e. The van der Waals surface area contributed by atoms with Gasteiger partial charge in [-0.3, -0.25) is 0 Å². The standard InChI is InChI=1S/C12H14O2/c1-2-3-8-11-9-6-4-5-7-10(9)12(13)14-11/h2,5,7,11H,1,3-4,6,8H2. The van der Waals surface area contributed by atoms with Crippen molar-refractivity contribution in [2.45, 2.75) is 31.8 Å². The molecule has 1 atom stereocenters. The first kappa shape index (κ1) is 9.25. The van der Waals surface area contributed by atoms with E-state index >= 15 is 0 Å². The number of cyclic esters (lactones) is 1. The minimum atomic E-state index is -0.148. The van der Waals surface area contributed by atoms with Crippen LogP contribution < -0.4 is 0 Å². The average molecular weight is 190 g/mol. The molecule has 1 unspecified atom stereocenters. The van der Waals surface area contributed by atoms with Crippen molar-refractivity contribution in [3.05, 3.63) is 36.0 Å². The molecular formula is C12H14O2. The van der Waals surface area contributed by atoms with Gasteiger partial charge in [-0.2, -0.15) is 0 Å². The molecule has 14 heavy (non-hydrogen) atoms. The Kier molecular flexibility index (Phi) is 2.53. The van der Waals surface area contributed by atoms with E-state index in [1.165, 1.54) is 5.57 Å². The predicted molar refractivity (Wildman–Crippen MR) is 54.7 cm³/mol. The van der Waals surface area contributed by atoms with E-state index in [1.807, 2.05) is 18.2 Å². The number of carbonyl (C=O) groups is 1. The first-order chi connectivity index (χ1) is 6.83. The molecule has 0 fully saturated rings. The Labute approximate surface area is 83.9 Å². The van der Waals surface area contributed by atoms with Crippen molar-refractivity contribution in [1.82, 2.24) is 0 Å². The molecule has 1 heterocycles. The van der Waals surface area contributed by atoms with Gasteiger partial charge in [-0.15, -0.1) is 6.58 Å². The predicted octanol–water partition coefficient (Wildman–Crippen LogP) is 2.52. The summed E-state index contributed by atoms with van der Waals surface area (Å²) in [7, 11) is 0. The Morgan fingerprint density at radius 1 is 1.64 bits per heavy atom. The molecule has 0 saturated carbocycles.